The number of amides is 2. The van der Waals surface area contributed by atoms with Gasteiger partial charge in [-0.2, -0.15) is 0 Å². The fourth-order valence-corrected chi connectivity index (χ4v) is 4.28. The summed E-state index contributed by atoms with van der Waals surface area (Å²) in [5, 5.41) is 1.95. The quantitative estimate of drug-likeness (QED) is 0.724. The van der Waals surface area contributed by atoms with Crippen LogP contribution in [0.4, 0.5) is 0 Å². The first-order chi connectivity index (χ1) is 14.2. The van der Waals surface area contributed by atoms with Crippen molar-refractivity contribution in [3.05, 3.63) is 46.4 Å². The molecular formula is C21H26N4O3S. The fourth-order valence-electron chi connectivity index (χ4n) is 3.73. The number of aromatic nitrogens is 1. The van der Waals surface area contributed by atoms with Crippen LogP contribution in [-0.2, 0) is 11.4 Å². The summed E-state index contributed by atoms with van der Waals surface area (Å²) in [5.74, 6) is 0.889. The summed E-state index contributed by atoms with van der Waals surface area (Å²) in [6.45, 7) is 5.35. The number of hydrogen-bond acceptors (Lipinski definition) is 6. The lowest BCUT2D eigenvalue weighted by molar-refractivity contribution is -0.131. The molecule has 0 radical (unpaired) electrons. The first-order valence-corrected chi connectivity index (χ1v) is 11.0. The second-order valence-electron chi connectivity index (χ2n) is 7.45. The molecule has 0 unspecified atom stereocenters. The van der Waals surface area contributed by atoms with Crippen molar-refractivity contribution in [1.29, 1.82) is 0 Å². The Morgan fingerprint density at radius 3 is 2.55 bits per heavy atom. The third-order valence-corrected chi connectivity index (χ3v) is 6.06. The molecule has 2 amide bonds. The van der Waals surface area contributed by atoms with Gasteiger partial charge in [-0.15, -0.1) is 11.3 Å². The lowest BCUT2D eigenvalue weighted by Crippen LogP contribution is -2.51. The number of nitrogens with zero attached hydrogens (tertiary/aromatic N) is 4. The summed E-state index contributed by atoms with van der Waals surface area (Å²) in [6.07, 6.45) is 2.22. The maximum absolute atomic E-state index is 12.9. The van der Waals surface area contributed by atoms with Crippen molar-refractivity contribution in [3.63, 3.8) is 0 Å². The SMILES string of the molecule is O=C(CN1CCN(C(=O)c2cccc(OCc3cscn3)c2)CC1)N1CCCC1. The van der Waals surface area contributed by atoms with Crippen LogP contribution in [0.2, 0.25) is 0 Å². The number of rotatable bonds is 6. The van der Waals surface area contributed by atoms with E-state index in [0.29, 0.717) is 37.6 Å². The molecule has 0 spiro atoms. The number of likely N-dealkylation sites (tertiary alicyclic amines) is 1. The first-order valence-electron chi connectivity index (χ1n) is 10.1. The Morgan fingerprint density at radius 1 is 1.03 bits per heavy atom. The van der Waals surface area contributed by atoms with Gasteiger partial charge >= 0.3 is 0 Å². The molecule has 0 N–H and O–H groups in total. The molecular weight excluding hydrogens is 388 g/mol. The maximum Gasteiger partial charge on any atom is 0.254 e. The minimum absolute atomic E-state index is 0.00891. The summed E-state index contributed by atoms with van der Waals surface area (Å²) < 4.78 is 5.76. The Hall–Kier alpha value is -2.45. The second-order valence-corrected chi connectivity index (χ2v) is 8.17. The average Bonchev–Trinajstić information content (AvgIpc) is 3.47. The molecule has 7 nitrogen and oxygen atoms in total. The van der Waals surface area contributed by atoms with E-state index in [0.717, 1.165) is 44.7 Å². The molecule has 0 atom stereocenters. The molecule has 0 saturated carbocycles. The molecule has 1 aromatic heterocycles. The van der Waals surface area contributed by atoms with E-state index in [1.54, 1.807) is 11.6 Å². The Balaban J connectivity index is 1.27. The van der Waals surface area contributed by atoms with Gasteiger partial charge in [0.2, 0.25) is 5.91 Å². The van der Waals surface area contributed by atoms with Gasteiger partial charge in [-0.1, -0.05) is 6.07 Å². The molecule has 2 aliphatic heterocycles. The van der Waals surface area contributed by atoms with E-state index in [2.05, 4.69) is 9.88 Å². The topological polar surface area (TPSA) is 66.0 Å². The molecule has 2 saturated heterocycles. The highest BCUT2D eigenvalue weighted by molar-refractivity contribution is 7.07. The lowest BCUT2D eigenvalue weighted by atomic mass is 10.1. The van der Waals surface area contributed by atoms with Crippen LogP contribution in [0.25, 0.3) is 0 Å². The largest absolute Gasteiger partial charge is 0.487 e. The summed E-state index contributed by atoms with van der Waals surface area (Å²) >= 11 is 1.53. The van der Waals surface area contributed by atoms with Crippen LogP contribution in [-0.4, -0.2) is 77.3 Å². The molecule has 8 heteroatoms. The Kier molecular flexibility index (Phi) is 6.41. The molecule has 0 aliphatic carbocycles. The second kappa shape index (κ2) is 9.37. The smallest absolute Gasteiger partial charge is 0.254 e. The maximum atomic E-state index is 12.9. The van der Waals surface area contributed by atoms with Crippen molar-refractivity contribution in [1.82, 2.24) is 19.7 Å². The Morgan fingerprint density at radius 2 is 1.83 bits per heavy atom. The number of benzene rings is 1. The van der Waals surface area contributed by atoms with Gasteiger partial charge < -0.3 is 14.5 Å². The van der Waals surface area contributed by atoms with Crippen molar-refractivity contribution < 1.29 is 14.3 Å². The van der Waals surface area contributed by atoms with E-state index >= 15 is 0 Å². The number of hydrogen-bond donors (Lipinski definition) is 0. The number of thiazole rings is 1. The van der Waals surface area contributed by atoms with Gasteiger partial charge in [-0.3, -0.25) is 14.5 Å². The minimum Gasteiger partial charge on any atom is -0.487 e. The van der Waals surface area contributed by atoms with Crippen LogP contribution in [0, 0.1) is 0 Å². The van der Waals surface area contributed by atoms with Gasteiger partial charge in [0.05, 0.1) is 17.7 Å². The van der Waals surface area contributed by atoms with Crippen LogP contribution >= 0.6 is 11.3 Å². The van der Waals surface area contributed by atoms with Gasteiger partial charge in [0.15, 0.2) is 0 Å². The summed E-state index contributed by atoms with van der Waals surface area (Å²) in [4.78, 5) is 35.4. The standard InChI is InChI=1S/C21H26N4O3S/c26-20(24-6-1-2-7-24)13-23-8-10-25(11-9-23)21(27)17-4-3-5-19(12-17)28-14-18-15-29-16-22-18/h3-5,12,15-16H,1-2,6-11,13-14H2. The molecule has 2 fully saturated rings. The van der Waals surface area contributed by atoms with Crippen molar-refractivity contribution in [2.75, 3.05) is 45.8 Å². The molecule has 2 aromatic rings. The monoisotopic (exact) mass is 414 g/mol. The highest BCUT2D eigenvalue weighted by atomic mass is 32.1. The van der Waals surface area contributed by atoms with E-state index in [1.807, 2.05) is 33.4 Å². The summed E-state index contributed by atoms with van der Waals surface area (Å²) in [7, 11) is 0. The number of piperazine rings is 1. The van der Waals surface area contributed by atoms with Crippen LogP contribution in [0.15, 0.2) is 35.2 Å². The molecule has 0 bridgehead atoms. The Labute approximate surface area is 174 Å². The predicted octanol–water partition coefficient (Wildman–Crippen LogP) is 2.10. The van der Waals surface area contributed by atoms with Crippen LogP contribution in [0.3, 0.4) is 0 Å². The molecule has 3 heterocycles. The van der Waals surface area contributed by atoms with Gasteiger partial charge in [0, 0.05) is 50.2 Å². The van der Waals surface area contributed by atoms with Gasteiger partial charge in [0.1, 0.15) is 12.4 Å². The highest BCUT2D eigenvalue weighted by Gasteiger charge is 2.25. The molecule has 29 heavy (non-hydrogen) atoms. The van der Waals surface area contributed by atoms with Gasteiger partial charge in [-0.25, -0.2) is 4.98 Å². The molecule has 1 aromatic carbocycles. The van der Waals surface area contributed by atoms with Gasteiger partial charge in [0.25, 0.3) is 5.91 Å². The molecule has 2 aliphatic rings. The van der Waals surface area contributed by atoms with E-state index < -0.39 is 0 Å². The summed E-state index contributed by atoms with van der Waals surface area (Å²) in [5.41, 5.74) is 3.28. The fraction of sp³-hybridized carbons (Fsp3) is 0.476. The van der Waals surface area contributed by atoms with E-state index in [-0.39, 0.29) is 11.8 Å². The van der Waals surface area contributed by atoms with Crippen molar-refractivity contribution in [3.8, 4) is 5.75 Å². The van der Waals surface area contributed by atoms with E-state index in [1.165, 1.54) is 11.3 Å². The third-order valence-electron chi connectivity index (χ3n) is 5.43. The van der Waals surface area contributed by atoms with Crippen molar-refractivity contribution in [2.24, 2.45) is 0 Å². The van der Waals surface area contributed by atoms with Crippen molar-refractivity contribution >= 4 is 23.2 Å². The number of carbonyl (C=O) groups is 2. The van der Waals surface area contributed by atoms with E-state index in [4.69, 9.17) is 4.74 Å². The van der Waals surface area contributed by atoms with Crippen LogP contribution in [0.1, 0.15) is 28.9 Å². The van der Waals surface area contributed by atoms with E-state index in [9.17, 15) is 9.59 Å². The van der Waals surface area contributed by atoms with Crippen LogP contribution in [0.5, 0.6) is 5.75 Å². The average molecular weight is 415 g/mol. The highest BCUT2D eigenvalue weighted by Crippen LogP contribution is 2.18. The normalized spacial score (nSPS) is 17.5. The minimum atomic E-state index is 0.00891. The number of carbonyl (C=O) groups excluding carboxylic acids is 2. The summed E-state index contributed by atoms with van der Waals surface area (Å²) in [6, 6.07) is 7.30. The molecule has 4 rings (SSSR count). The lowest BCUT2D eigenvalue weighted by Gasteiger charge is -2.35. The zero-order valence-corrected chi connectivity index (χ0v) is 17.3. The van der Waals surface area contributed by atoms with Crippen molar-refractivity contribution in [2.45, 2.75) is 19.4 Å². The zero-order chi connectivity index (χ0) is 20.1. The first kappa shape index (κ1) is 19.8. The predicted molar refractivity (Wildman–Crippen MR) is 111 cm³/mol. The third kappa shape index (κ3) is 5.13. The van der Waals surface area contributed by atoms with Gasteiger partial charge in [-0.05, 0) is 31.0 Å². The number of ether oxygens (including phenoxy) is 1. The Bertz CT molecular complexity index is 828. The molecule has 154 valence electrons. The van der Waals surface area contributed by atoms with Crippen LogP contribution < -0.4 is 4.74 Å². The zero-order valence-electron chi connectivity index (χ0n) is 16.5.